The molecule has 1 N–H and O–H groups in total. The summed E-state index contributed by atoms with van der Waals surface area (Å²) in [4.78, 5) is 11.5. The third-order valence-corrected chi connectivity index (χ3v) is 2.78. The summed E-state index contributed by atoms with van der Waals surface area (Å²) in [6.45, 7) is 1.70. The van der Waals surface area contributed by atoms with Gasteiger partial charge in [0.05, 0.1) is 19.1 Å². The van der Waals surface area contributed by atoms with Gasteiger partial charge in [0.25, 0.3) is 0 Å². The molecule has 0 saturated carbocycles. The molecule has 0 bridgehead atoms. The van der Waals surface area contributed by atoms with Crippen LogP contribution < -0.4 is 4.74 Å². The highest BCUT2D eigenvalue weighted by molar-refractivity contribution is 5.73. The van der Waals surface area contributed by atoms with Crippen LogP contribution in [0.3, 0.4) is 0 Å². The number of hydrogen-bond acceptors (Lipinski definition) is 4. The average Bonchev–Trinajstić information content (AvgIpc) is 2.38. The molecule has 0 heterocycles. The van der Waals surface area contributed by atoms with E-state index in [-0.39, 0.29) is 5.75 Å². The molecular formula is C13H15F3O4. The van der Waals surface area contributed by atoms with Gasteiger partial charge in [-0.05, 0) is 24.1 Å². The molecule has 0 radical (unpaired) electrons. The molecule has 1 aromatic rings. The van der Waals surface area contributed by atoms with Crippen molar-refractivity contribution in [3.63, 3.8) is 0 Å². The number of aliphatic hydroxyl groups excluding tert-OH is 1. The minimum atomic E-state index is -4.77. The second-order valence-corrected chi connectivity index (χ2v) is 4.10. The van der Waals surface area contributed by atoms with Gasteiger partial charge < -0.3 is 14.6 Å². The highest BCUT2D eigenvalue weighted by atomic mass is 19.4. The van der Waals surface area contributed by atoms with Crippen molar-refractivity contribution < 1.29 is 32.5 Å². The van der Waals surface area contributed by atoms with Crippen LogP contribution in [-0.2, 0) is 9.53 Å². The molecule has 1 rings (SSSR count). The largest absolute Gasteiger partial charge is 0.573 e. The second-order valence-electron chi connectivity index (χ2n) is 4.10. The number of carbonyl (C=O) groups excluding carboxylic acids is 1. The monoisotopic (exact) mass is 292 g/mol. The Morgan fingerprint density at radius 1 is 1.30 bits per heavy atom. The third-order valence-electron chi connectivity index (χ3n) is 2.78. The SMILES string of the molecule is CCC(C(=O)OC)C(O)c1ccc(OC(F)(F)F)cc1. The van der Waals surface area contributed by atoms with Gasteiger partial charge in [0.15, 0.2) is 0 Å². The average molecular weight is 292 g/mol. The summed E-state index contributed by atoms with van der Waals surface area (Å²) in [6, 6.07) is 4.71. The standard InChI is InChI=1S/C13H15F3O4/c1-3-10(12(18)19-2)11(17)8-4-6-9(7-5-8)20-13(14,15)16/h4-7,10-11,17H,3H2,1-2H3. The van der Waals surface area contributed by atoms with Crippen LogP contribution in [0, 0.1) is 5.92 Å². The first-order valence-electron chi connectivity index (χ1n) is 5.90. The van der Waals surface area contributed by atoms with Crippen molar-refractivity contribution in [1.82, 2.24) is 0 Å². The second kappa shape index (κ2) is 6.60. The van der Waals surface area contributed by atoms with E-state index >= 15 is 0 Å². The molecule has 0 aromatic heterocycles. The maximum absolute atomic E-state index is 12.0. The zero-order valence-electron chi connectivity index (χ0n) is 11.0. The van der Waals surface area contributed by atoms with Crippen molar-refractivity contribution in [3.05, 3.63) is 29.8 Å². The van der Waals surface area contributed by atoms with E-state index in [9.17, 15) is 23.1 Å². The number of alkyl halides is 3. The van der Waals surface area contributed by atoms with E-state index in [1.54, 1.807) is 6.92 Å². The van der Waals surface area contributed by atoms with Crippen LogP contribution in [0.2, 0.25) is 0 Å². The van der Waals surface area contributed by atoms with E-state index in [2.05, 4.69) is 9.47 Å². The van der Waals surface area contributed by atoms with Gasteiger partial charge in [-0.3, -0.25) is 4.79 Å². The molecule has 0 aliphatic heterocycles. The number of benzene rings is 1. The first-order valence-corrected chi connectivity index (χ1v) is 5.90. The number of methoxy groups -OCH3 is 1. The van der Waals surface area contributed by atoms with Gasteiger partial charge in [0, 0.05) is 0 Å². The van der Waals surface area contributed by atoms with Crippen LogP contribution in [0.4, 0.5) is 13.2 Å². The van der Waals surface area contributed by atoms with Crippen molar-refractivity contribution in [2.24, 2.45) is 5.92 Å². The van der Waals surface area contributed by atoms with Crippen molar-refractivity contribution >= 4 is 5.97 Å². The Balaban J connectivity index is 2.84. The van der Waals surface area contributed by atoms with E-state index in [0.717, 1.165) is 12.1 Å². The van der Waals surface area contributed by atoms with E-state index < -0.39 is 24.4 Å². The lowest BCUT2D eigenvalue weighted by molar-refractivity contribution is -0.274. The molecule has 7 heteroatoms. The molecular weight excluding hydrogens is 277 g/mol. The van der Waals surface area contributed by atoms with Crippen LogP contribution in [0.15, 0.2) is 24.3 Å². The molecule has 112 valence electrons. The lowest BCUT2D eigenvalue weighted by Gasteiger charge is -2.20. The molecule has 0 amide bonds. The van der Waals surface area contributed by atoms with Gasteiger partial charge in [-0.1, -0.05) is 19.1 Å². The zero-order chi connectivity index (χ0) is 15.3. The maximum Gasteiger partial charge on any atom is 0.573 e. The molecule has 2 unspecified atom stereocenters. The van der Waals surface area contributed by atoms with Crippen LogP contribution in [-0.4, -0.2) is 24.5 Å². The lowest BCUT2D eigenvalue weighted by atomic mass is 9.93. The van der Waals surface area contributed by atoms with Crippen molar-refractivity contribution in [3.8, 4) is 5.75 Å². The van der Waals surface area contributed by atoms with Gasteiger partial charge in [-0.25, -0.2) is 0 Å². The van der Waals surface area contributed by atoms with Crippen molar-refractivity contribution in [2.75, 3.05) is 7.11 Å². The molecule has 0 spiro atoms. The fourth-order valence-electron chi connectivity index (χ4n) is 1.77. The number of hydrogen-bond donors (Lipinski definition) is 1. The van der Waals surface area contributed by atoms with E-state index in [1.165, 1.54) is 19.2 Å². The molecule has 0 saturated heterocycles. The number of aliphatic hydroxyl groups is 1. The molecule has 1 aromatic carbocycles. The highest BCUT2D eigenvalue weighted by Gasteiger charge is 2.31. The molecule has 4 nitrogen and oxygen atoms in total. The number of ether oxygens (including phenoxy) is 2. The van der Waals surface area contributed by atoms with E-state index in [1.807, 2.05) is 0 Å². The van der Waals surface area contributed by atoms with E-state index in [0.29, 0.717) is 12.0 Å². The normalized spacial score (nSPS) is 14.5. The van der Waals surface area contributed by atoms with Gasteiger partial charge in [0.1, 0.15) is 5.75 Å². The van der Waals surface area contributed by atoms with Crippen LogP contribution in [0.5, 0.6) is 5.75 Å². The summed E-state index contributed by atoms with van der Waals surface area (Å²) in [6.07, 6.45) is -5.57. The number of rotatable bonds is 5. The Morgan fingerprint density at radius 2 is 1.85 bits per heavy atom. The Labute approximate surface area is 114 Å². The van der Waals surface area contributed by atoms with Crippen LogP contribution >= 0.6 is 0 Å². The fraction of sp³-hybridized carbons (Fsp3) is 0.462. The summed E-state index contributed by atoms with van der Waals surface area (Å²) in [7, 11) is 1.21. The highest BCUT2D eigenvalue weighted by Crippen LogP contribution is 2.29. The van der Waals surface area contributed by atoms with Crippen LogP contribution in [0.1, 0.15) is 25.0 Å². The first kappa shape index (κ1) is 16.3. The number of esters is 1. The Kier molecular flexibility index (Phi) is 5.38. The van der Waals surface area contributed by atoms with E-state index in [4.69, 9.17) is 0 Å². The predicted molar refractivity (Wildman–Crippen MR) is 63.9 cm³/mol. The molecule has 0 aliphatic carbocycles. The van der Waals surface area contributed by atoms with Gasteiger partial charge in [-0.2, -0.15) is 0 Å². The minimum Gasteiger partial charge on any atom is -0.469 e. The molecule has 2 atom stereocenters. The summed E-state index contributed by atoms with van der Waals surface area (Å²) in [5, 5.41) is 10.0. The van der Waals surface area contributed by atoms with Gasteiger partial charge in [-0.15, -0.1) is 13.2 Å². The van der Waals surface area contributed by atoms with Gasteiger partial charge >= 0.3 is 12.3 Å². The molecule has 0 fully saturated rings. The van der Waals surface area contributed by atoms with Gasteiger partial charge in [0.2, 0.25) is 0 Å². The number of carbonyl (C=O) groups is 1. The summed E-state index contributed by atoms with van der Waals surface area (Å²) in [5.41, 5.74) is 0.316. The molecule has 20 heavy (non-hydrogen) atoms. The molecule has 0 aliphatic rings. The quantitative estimate of drug-likeness (QED) is 0.848. The Bertz CT molecular complexity index is 442. The maximum atomic E-state index is 12.0. The minimum absolute atomic E-state index is 0.316. The Hall–Kier alpha value is -1.76. The third kappa shape index (κ3) is 4.41. The number of halogens is 3. The summed E-state index contributed by atoms with van der Waals surface area (Å²) < 4.78 is 44.3. The predicted octanol–water partition coefficient (Wildman–Crippen LogP) is 2.82. The lowest BCUT2D eigenvalue weighted by Crippen LogP contribution is -2.23. The van der Waals surface area contributed by atoms with Crippen molar-refractivity contribution in [1.29, 1.82) is 0 Å². The Morgan fingerprint density at radius 3 is 2.25 bits per heavy atom. The summed E-state index contributed by atoms with van der Waals surface area (Å²) in [5.74, 6) is -1.73. The van der Waals surface area contributed by atoms with Crippen LogP contribution in [0.25, 0.3) is 0 Å². The smallest absolute Gasteiger partial charge is 0.469 e. The van der Waals surface area contributed by atoms with Crippen molar-refractivity contribution in [2.45, 2.75) is 25.8 Å². The first-order chi connectivity index (χ1) is 9.28. The summed E-state index contributed by atoms with van der Waals surface area (Å²) >= 11 is 0. The topological polar surface area (TPSA) is 55.8 Å². The zero-order valence-corrected chi connectivity index (χ0v) is 11.0. The fourth-order valence-corrected chi connectivity index (χ4v) is 1.77.